The molecular weight excluding hydrogens is 1410 g/mol. The molecule has 17 nitrogen and oxygen atoms in total. The van der Waals surface area contributed by atoms with Gasteiger partial charge in [0, 0.05) is 25.7 Å². The number of carbonyl (C=O) groups is 4. The van der Waals surface area contributed by atoms with Gasteiger partial charge in [-0.3, -0.25) is 37.3 Å². The van der Waals surface area contributed by atoms with Gasteiger partial charge in [0.1, 0.15) is 19.3 Å². The quantitative estimate of drug-likeness (QED) is 0.0222. The third kappa shape index (κ3) is 83.8. The van der Waals surface area contributed by atoms with Crippen molar-refractivity contribution in [3.05, 3.63) is 0 Å². The number of hydrogen-bond acceptors (Lipinski definition) is 15. The topological polar surface area (TPSA) is 237 Å². The molecule has 0 fully saturated rings. The van der Waals surface area contributed by atoms with E-state index in [0.717, 1.165) is 102 Å². The highest BCUT2D eigenvalue weighted by Crippen LogP contribution is 2.45. The van der Waals surface area contributed by atoms with E-state index in [0.29, 0.717) is 31.6 Å². The molecule has 0 aliphatic carbocycles. The summed E-state index contributed by atoms with van der Waals surface area (Å²) < 4.78 is 69.0. The van der Waals surface area contributed by atoms with Crippen molar-refractivity contribution < 1.29 is 80.2 Å². The lowest BCUT2D eigenvalue weighted by Gasteiger charge is -2.21. The molecule has 0 heterocycles. The monoisotopic (exact) mass is 1590 g/mol. The number of esters is 4. The standard InChI is InChI=1S/C90H176O17P2/c1-7-9-11-13-15-17-19-21-23-25-27-29-31-33-35-37-42-46-50-54-62-68-74-89(94)106-85(78-100-87(92)72-66-60-53-49-45-41-36-34-32-30-28-26-24-22-20-18-16-14-12-10-8-2)80-104-108(96,97)102-76-84(91)77-103-109(98,99)105-81-86(79-101-88(93)73-67-61-57-56-59-65-71-83(5)6)107-90(95)75-69-63-55-51-47-43-39-38-40-44-48-52-58-64-70-82(3)4/h82-86,91H,7-81H2,1-6H3,(H,96,97)(H,98,99)/t84-,85-,86-/m1/s1. The third-order valence-electron chi connectivity index (χ3n) is 21.2. The van der Waals surface area contributed by atoms with Crippen molar-refractivity contribution in [2.45, 2.75) is 503 Å². The smallest absolute Gasteiger partial charge is 0.462 e. The second kappa shape index (κ2) is 81.2. The van der Waals surface area contributed by atoms with E-state index in [1.807, 2.05) is 0 Å². The van der Waals surface area contributed by atoms with E-state index in [2.05, 4.69) is 41.5 Å². The molecule has 0 amide bonds. The Morgan fingerprint density at radius 2 is 0.422 bits per heavy atom. The Kier molecular flexibility index (Phi) is 79.8. The molecule has 0 bridgehead atoms. The van der Waals surface area contributed by atoms with Gasteiger partial charge in [0.25, 0.3) is 0 Å². The van der Waals surface area contributed by atoms with E-state index < -0.39 is 97.5 Å². The Balaban J connectivity index is 5.19. The fraction of sp³-hybridized carbons (Fsp3) is 0.956. The molecule has 3 N–H and O–H groups in total. The van der Waals surface area contributed by atoms with Crippen LogP contribution in [0.3, 0.4) is 0 Å². The van der Waals surface area contributed by atoms with Crippen molar-refractivity contribution in [3.8, 4) is 0 Å². The number of carbonyl (C=O) groups excluding carboxylic acids is 4. The van der Waals surface area contributed by atoms with Crippen molar-refractivity contribution in [1.29, 1.82) is 0 Å². The molecule has 0 spiro atoms. The summed E-state index contributed by atoms with van der Waals surface area (Å²) >= 11 is 0. The van der Waals surface area contributed by atoms with Gasteiger partial charge < -0.3 is 33.8 Å². The van der Waals surface area contributed by atoms with Crippen LogP contribution < -0.4 is 0 Å². The maximum Gasteiger partial charge on any atom is 0.472 e. The van der Waals surface area contributed by atoms with E-state index in [1.54, 1.807) is 0 Å². The number of aliphatic hydroxyl groups is 1. The van der Waals surface area contributed by atoms with Gasteiger partial charge in [0.05, 0.1) is 26.4 Å². The summed E-state index contributed by atoms with van der Waals surface area (Å²) in [6.45, 7) is 9.62. The first-order valence-electron chi connectivity index (χ1n) is 46.5. The van der Waals surface area contributed by atoms with Gasteiger partial charge in [-0.15, -0.1) is 0 Å². The summed E-state index contributed by atoms with van der Waals surface area (Å²) in [5.41, 5.74) is 0. The molecule has 0 aliphatic rings. The zero-order chi connectivity index (χ0) is 79.9. The first-order chi connectivity index (χ1) is 52.9. The number of aliphatic hydroxyl groups excluding tert-OH is 1. The summed E-state index contributed by atoms with van der Waals surface area (Å²) in [7, 11) is -9.93. The predicted molar refractivity (Wildman–Crippen MR) is 451 cm³/mol. The fourth-order valence-corrected chi connectivity index (χ4v) is 15.7. The lowest BCUT2D eigenvalue weighted by Crippen LogP contribution is -2.30. The minimum Gasteiger partial charge on any atom is -0.462 e. The lowest BCUT2D eigenvalue weighted by molar-refractivity contribution is -0.161. The molecule has 0 saturated carbocycles. The van der Waals surface area contributed by atoms with Crippen LogP contribution in [0.5, 0.6) is 0 Å². The Hall–Kier alpha value is -1.94. The molecule has 0 rings (SSSR count). The summed E-state index contributed by atoms with van der Waals surface area (Å²) in [6.07, 6.45) is 75.4. The molecule has 0 aliphatic heterocycles. The molecule has 648 valence electrons. The van der Waals surface area contributed by atoms with E-state index in [1.165, 1.54) is 295 Å². The van der Waals surface area contributed by atoms with Gasteiger partial charge in [-0.05, 0) is 37.5 Å². The molecule has 0 radical (unpaired) electrons. The second-order valence-electron chi connectivity index (χ2n) is 33.3. The highest BCUT2D eigenvalue weighted by Gasteiger charge is 2.31. The Bertz CT molecular complexity index is 2080. The minimum absolute atomic E-state index is 0.107. The highest BCUT2D eigenvalue weighted by atomic mass is 31.2. The first-order valence-corrected chi connectivity index (χ1v) is 49.5. The number of unbranched alkanes of at least 4 members (excludes halogenated alkanes) is 59. The average molecular weight is 1590 g/mol. The van der Waals surface area contributed by atoms with E-state index >= 15 is 0 Å². The van der Waals surface area contributed by atoms with E-state index in [-0.39, 0.29) is 25.7 Å². The Labute approximate surface area is 670 Å². The summed E-state index contributed by atoms with van der Waals surface area (Å²) in [6, 6.07) is 0. The molecule has 0 saturated heterocycles. The van der Waals surface area contributed by atoms with Crippen molar-refractivity contribution in [1.82, 2.24) is 0 Å². The van der Waals surface area contributed by atoms with Crippen LogP contribution in [0.25, 0.3) is 0 Å². The predicted octanol–water partition coefficient (Wildman–Crippen LogP) is 27.8. The minimum atomic E-state index is -4.97. The highest BCUT2D eigenvalue weighted by molar-refractivity contribution is 7.47. The number of hydrogen-bond donors (Lipinski definition) is 3. The summed E-state index contributed by atoms with van der Waals surface area (Å²) in [4.78, 5) is 73.3. The van der Waals surface area contributed by atoms with Crippen molar-refractivity contribution in [2.75, 3.05) is 39.6 Å². The number of ether oxygens (including phenoxy) is 4. The zero-order valence-corrected chi connectivity index (χ0v) is 73.7. The van der Waals surface area contributed by atoms with Crippen LogP contribution in [0, 0.1) is 11.8 Å². The molecule has 19 heteroatoms. The largest absolute Gasteiger partial charge is 0.472 e. The fourth-order valence-electron chi connectivity index (χ4n) is 14.1. The summed E-state index contributed by atoms with van der Waals surface area (Å²) in [5.74, 6) is -0.628. The van der Waals surface area contributed by atoms with Gasteiger partial charge in [0.2, 0.25) is 0 Å². The molecule has 5 atom stereocenters. The van der Waals surface area contributed by atoms with Crippen molar-refractivity contribution in [2.24, 2.45) is 11.8 Å². The van der Waals surface area contributed by atoms with Crippen molar-refractivity contribution >= 4 is 39.5 Å². The molecule has 0 aromatic carbocycles. The van der Waals surface area contributed by atoms with Crippen LogP contribution in [-0.2, 0) is 65.4 Å². The maximum atomic E-state index is 13.2. The molecule has 0 aromatic heterocycles. The maximum absolute atomic E-state index is 13.2. The third-order valence-corrected chi connectivity index (χ3v) is 23.1. The van der Waals surface area contributed by atoms with E-state index in [9.17, 15) is 43.2 Å². The van der Waals surface area contributed by atoms with Crippen LogP contribution in [0.2, 0.25) is 0 Å². The van der Waals surface area contributed by atoms with Crippen LogP contribution in [0.15, 0.2) is 0 Å². The van der Waals surface area contributed by atoms with Crippen molar-refractivity contribution in [3.63, 3.8) is 0 Å². The van der Waals surface area contributed by atoms with Gasteiger partial charge in [0.15, 0.2) is 12.2 Å². The SMILES string of the molecule is CCCCCCCCCCCCCCCCCCCCCCCCC(=O)O[C@H](COC(=O)CCCCCCCCCCCCCCCCCCCCCCC)COP(=O)(O)OC[C@@H](O)COP(=O)(O)OC[C@@H](COC(=O)CCCCCCCCC(C)C)OC(=O)CCCCCCCCCCCCCCCCC(C)C. The van der Waals surface area contributed by atoms with E-state index in [4.69, 9.17) is 37.0 Å². The Morgan fingerprint density at radius 3 is 0.624 bits per heavy atom. The van der Waals surface area contributed by atoms with Crippen LogP contribution in [0.1, 0.15) is 485 Å². The van der Waals surface area contributed by atoms with Gasteiger partial charge >= 0.3 is 39.5 Å². The zero-order valence-electron chi connectivity index (χ0n) is 71.9. The average Bonchev–Trinajstić information content (AvgIpc) is 0.899. The van der Waals surface area contributed by atoms with Crippen LogP contribution in [0.4, 0.5) is 0 Å². The molecule has 0 aromatic rings. The normalized spacial score (nSPS) is 13.8. The van der Waals surface area contributed by atoms with Crippen LogP contribution in [-0.4, -0.2) is 96.7 Å². The number of phosphoric acid groups is 2. The molecule has 109 heavy (non-hydrogen) atoms. The second-order valence-corrected chi connectivity index (χ2v) is 36.2. The summed E-state index contributed by atoms with van der Waals surface area (Å²) in [5, 5.41) is 10.7. The number of phosphoric ester groups is 2. The number of rotatable bonds is 89. The molecular formula is C90H176O17P2. The van der Waals surface area contributed by atoms with Gasteiger partial charge in [-0.25, -0.2) is 9.13 Å². The van der Waals surface area contributed by atoms with Gasteiger partial charge in [-0.1, -0.05) is 433 Å². The van der Waals surface area contributed by atoms with Gasteiger partial charge in [-0.2, -0.15) is 0 Å². The first kappa shape index (κ1) is 107. The molecule has 2 unspecified atom stereocenters. The Morgan fingerprint density at radius 1 is 0.248 bits per heavy atom. The van der Waals surface area contributed by atoms with Crippen LogP contribution >= 0.6 is 15.6 Å². The lowest BCUT2D eigenvalue weighted by atomic mass is 10.0.